The number of piperidine rings is 1. The first-order valence-corrected chi connectivity index (χ1v) is 11.3. The molecule has 2 aromatic rings. The second-order valence-corrected chi connectivity index (χ2v) is 9.08. The fourth-order valence-corrected chi connectivity index (χ4v) is 4.92. The minimum absolute atomic E-state index is 0.0319. The van der Waals surface area contributed by atoms with Crippen LogP contribution in [-0.2, 0) is 4.79 Å². The number of carboxylic acid groups (broad SMARTS) is 2. The van der Waals surface area contributed by atoms with Crippen molar-refractivity contribution in [2.45, 2.75) is 43.9 Å². The van der Waals surface area contributed by atoms with E-state index in [2.05, 4.69) is 11.4 Å². The molecular formula is C23H22F4N4O5. The van der Waals surface area contributed by atoms with Gasteiger partial charge < -0.3 is 25.0 Å². The van der Waals surface area contributed by atoms with Gasteiger partial charge in [-0.25, -0.2) is 14.0 Å². The van der Waals surface area contributed by atoms with Crippen LogP contribution in [0.2, 0.25) is 0 Å². The number of rotatable bonds is 3. The maximum atomic E-state index is 15.2. The lowest BCUT2D eigenvalue weighted by molar-refractivity contribution is -0.192. The van der Waals surface area contributed by atoms with Crippen molar-refractivity contribution in [1.82, 2.24) is 9.88 Å². The number of anilines is 1. The zero-order valence-electron chi connectivity index (χ0n) is 18.8. The largest absolute Gasteiger partial charge is 0.490 e. The summed E-state index contributed by atoms with van der Waals surface area (Å²) in [5, 5.41) is 29.9. The van der Waals surface area contributed by atoms with Crippen molar-refractivity contribution in [3.8, 4) is 6.07 Å². The number of hydrogen-bond acceptors (Lipinski definition) is 6. The lowest BCUT2D eigenvalue weighted by Crippen LogP contribution is -2.40. The summed E-state index contributed by atoms with van der Waals surface area (Å²) in [6.45, 7) is 2.22. The Bertz CT molecular complexity index is 1320. The Morgan fingerprint density at radius 1 is 1.17 bits per heavy atom. The van der Waals surface area contributed by atoms with E-state index in [9.17, 15) is 33.1 Å². The van der Waals surface area contributed by atoms with Gasteiger partial charge in [0.2, 0.25) is 5.43 Å². The number of nitrogens with one attached hydrogen (secondary N) is 1. The third kappa shape index (κ3) is 4.73. The lowest BCUT2D eigenvalue weighted by Gasteiger charge is -2.24. The number of aliphatic carboxylic acids is 1. The summed E-state index contributed by atoms with van der Waals surface area (Å²) in [6, 6.07) is 3.55. The average molecular weight is 510 g/mol. The summed E-state index contributed by atoms with van der Waals surface area (Å²) in [6.07, 6.45) is 0.0663. The fraction of sp³-hybridized carbons (Fsp3) is 0.478. The van der Waals surface area contributed by atoms with Gasteiger partial charge in [0.1, 0.15) is 23.0 Å². The number of carbonyl (C=O) groups is 2. The number of hydrogen-bond donors (Lipinski definition) is 3. The van der Waals surface area contributed by atoms with E-state index in [0.717, 1.165) is 38.3 Å². The number of carboxylic acids is 2. The van der Waals surface area contributed by atoms with Gasteiger partial charge in [-0.05, 0) is 44.2 Å². The fourth-order valence-electron chi connectivity index (χ4n) is 4.92. The van der Waals surface area contributed by atoms with E-state index in [1.54, 1.807) is 4.57 Å². The maximum Gasteiger partial charge on any atom is 0.490 e. The first kappa shape index (κ1) is 25.4. The van der Waals surface area contributed by atoms with E-state index in [0.29, 0.717) is 24.5 Å². The van der Waals surface area contributed by atoms with Crippen LogP contribution in [0.5, 0.6) is 0 Å². The SMILES string of the molecule is N#Cc1c(N2C[C@@H]3CCCN[C@@H]3C2)c(F)cc2c(=O)c(C(=O)O)cn(C3CC3)c12.O=C(O)C(F)(F)F. The highest BCUT2D eigenvalue weighted by Crippen LogP contribution is 2.41. The molecule has 2 atom stereocenters. The van der Waals surface area contributed by atoms with Crippen molar-refractivity contribution >= 4 is 28.5 Å². The van der Waals surface area contributed by atoms with Crippen molar-refractivity contribution in [3.05, 3.63) is 39.4 Å². The molecule has 1 saturated carbocycles. The second kappa shape index (κ2) is 9.42. The highest BCUT2D eigenvalue weighted by Gasteiger charge is 2.39. The molecule has 3 aliphatic rings. The van der Waals surface area contributed by atoms with Crippen LogP contribution in [0.1, 0.15) is 47.6 Å². The Morgan fingerprint density at radius 3 is 2.36 bits per heavy atom. The number of nitrogens with zero attached hydrogens (tertiary/aromatic N) is 3. The normalized spacial score (nSPS) is 21.4. The topological polar surface area (TPSA) is 136 Å². The lowest BCUT2D eigenvalue weighted by atomic mass is 9.94. The molecular weight excluding hydrogens is 488 g/mol. The van der Waals surface area contributed by atoms with Crippen molar-refractivity contribution in [2.24, 2.45) is 5.92 Å². The zero-order valence-corrected chi connectivity index (χ0v) is 18.8. The van der Waals surface area contributed by atoms with Crippen LogP contribution in [0.4, 0.5) is 23.2 Å². The molecule has 5 rings (SSSR count). The first-order valence-electron chi connectivity index (χ1n) is 11.3. The molecule has 1 aromatic heterocycles. The molecule has 0 unspecified atom stereocenters. The number of fused-ring (bicyclic) bond motifs is 2. The van der Waals surface area contributed by atoms with Crippen molar-refractivity contribution in [2.75, 3.05) is 24.5 Å². The zero-order chi connectivity index (χ0) is 26.4. The second-order valence-electron chi connectivity index (χ2n) is 9.08. The van der Waals surface area contributed by atoms with Crippen LogP contribution in [-0.4, -0.2) is 58.6 Å². The molecule has 3 fully saturated rings. The maximum absolute atomic E-state index is 15.2. The summed E-state index contributed by atoms with van der Waals surface area (Å²) in [5.41, 5.74) is -0.433. The predicted octanol–water partition coefficient (Wildman–Crippen LogP) is 2.87. The molecule has 2 saturated heterocycles. The molecule has 2 aliphatic heterocycles. The number of halogens is 4. The number of benzene rings is 1. The van der Waals surface area contributed by atoms with E-state index < -0.39 is 34.9 Å². The Morgan fingerprint density at radius 2 is 1.83 bits per heavy atom. The minimum atomic E-state index is -5.08. The first-order chi connectivity index (χ1) is 16.9. The van der Waals surface area contributed by atoms with Gasteiger partial charge in [0.25, 0.3) is 0 Å². The molecule has 13 heteroatoms. The Balaban J connectivity index is 0.000000384. The monoisotopic (exact) mass is 510 g/mol. The van der Waals surface area contributed by atoms with Crippen LogP contribution in [0.25, 0.3) is 10.9 Å². The summed E-state index contributed by atoms with van der Waals surface area (Å²) < 4.78 is 48.7. The van der Waals surface area contributed by atoms with Gasteiger partial charge in [-0.3, -0.25) is 4.79 Å². The molecule has 3 N–H and O–H groups in total. The molecule has 9 nitrogen and oxygen atoms in total. The van der Waals surface area contributed by atoms with Gasteiger partial charge in [0, 0.05) is 31.4 Å². The van der Waals surface area contributed by atoms with Crippen LogP contribution in [0.15, 0.2) is 17.1 Å². The minimum Gasteiger partial charge on any atom is -0.477 e. The summed E-state index contributed by atoms with van der Waals surface area (Å²) in [7, 11) is 0. The smallest absolute Gasteiger partial charge is 0.477 e. The quantitative estimate of drug-likeness (QED) is 0.537. The molecule has 0 bridgehead atoms. The van der Waals surface area contributed by atoms with Crippen molar-refractivity contribution in [3.63, 3.8) is 0 Å². The highest BCUT2D eigenvalue weighted by molar-refractivity contribution is 5.96. The third-order valence-electron chi connectivity index (χ3n) is 6.68. The van der Waals surface area contributed by atoms with Gasteiger partial charge in [-0.2, -0.15) is 18.4 Å². The molecule has 0 radical (unpaired) electrons. The van der Waals surface area contributed by atoms with Gasteiger partial charge in [-0.1, -0.05) is 0 Å². The third-order valence-corrected chi connectivity index (χ3v) is 6.68. The summed E-state index contributed by atoms with van der Waals surface area (Å²) in [4.78, 5) is 35.1. The summed E-state index contributed by atoms with van der Waals surface area (Å²) in [5.74, 6) is -4.34. The van der Waals surface area contributed by atoms with E-state index in [4.69, 9.17) is 9.90 Å². The van der Waals surface area contributed by atoms with Crippen LogP contribution < -0.4 is 15.6 Å². The number of aromatic carboxylic acids is 1. The van der Waals surface area contributed by atoms with Crippen LogP contribution in [0, 0.1) is 23.1 Å². The van der Waals surface area contributed by atoms with Crippen LogP contribution in [0.3, 0.4) is 0 Å². The average Bonchev–Trinajstić information content (AvgIpc) is 3.56. The van der Waals surface area contributed by atoms with E-state index >= 15 is 4.39 Å². The predicted molar refractivity (Wildman–Crippen MR) is 119 cm³/mol. The van der Waals surface area contributed by atoms with Gasteiger partial charge >= 0.3 is 18.1 Å². The standard InChI is InChI=1S/C21H21FN4O3.C2HF3O2/c22-16-6-13-18(26(12-3-4-12)9-15(20(13)27)21(28)29)14(7-23)19(16)25-8-11-2-1-5-24-17(11)10-25;3-2(4,5)1(6)7/h6,9,11-12,17,24H,1-5,8,10H2,(H,28,29);(H,6,7)/t11-,17+;/m0./s1. The van der Waals surface area contributed by atoms with Gasteiger partial charge in [-0.15, -0.1) is 0 Å². The molecule has 0 amide bonds. The Kier molecular flexibility index (Phi) is 6.66. The van der Waals surface area contributed by atoms with Crippen LogP contribution >= 0.6 is 0 Å². The van der Waals surface area contributed by atoms with E-state index in [1.165, 1.54) is 6.20 Å². The molecule has 0 spiro atoms. The van der Waals surface area contributed by atoms with E-state index in [1.807, 2.05) is 4.90 Å². The number of alkyl halides is 3. The molecule has 192 valence electrons. The summed E-state index contributed by atoms with van der Waals surface area (Å²) >= 11 is 0. The van der Waals surface area contributed by atoms with Gasteiger partial charge in [0.15, 0.2) is 0 Å². The molecule has 1 aromatic carbocycles. The van der Waals surface area contributed by atoms with Crippen molar-refractivity contribution in [1.29, 1.82) is 5.26 Å². The van der Waals surface area contributed by atoms with Gasteiger partial charge in [0.05, 0.1) is 16.6 Å². The van der Waals surface area contributed by atoms with E-state index in [-0.39, 0.29) is 28.7 Å². The number of pyridine rings is 1. The molecule has 36 heavy (non-hydrogen) atoms. The molecule has 1 aliphatic carbocycles. The highest BCUT2D eigenvalue weighted by atomic mass is 19.4. The molecule has 3 heterocycles. The Hall–Kier alpha value is -3.66. The van der Waals surface area contributed by atoms with Crippen molar-refractivity contribution < 1.29 is 37.4 Å². The number of aromatic nitrogens is 1. The Labute approximate surface area is 201 Å². The number of nitriles is 1.